The Bertz CT molecular complexity index is 1090. The van der Waals surface area contributed by atoms with Crippen LogP contribution < -0.4 is 10.5 Å². The standard InChI is InChI=1S/C18H14FN3O3/c1-21(6-7-23)11-3-4-12-14(9-11)20-17-16(24)13-8-10(19)2-5-15(13)22(17)18(12)25/h2-5,8-9,23H,6-7H2,1H3. The lowest BCUT2D eigenvalue weighted by Crippen LogP contribution is -2.23. The number of halogens is 1. The van der Waals surface area contributed by atoms with Gasteiger partial charge in [-0.3, -0.25) is 14.2 Å². The first-order valence-electron chi connectivity index (χ1n) is 7.74. The lowest BCUT2D eigenvalue weighted by atomic mass is 10.1. The maximum atomic E-state index is 13.5. The van der Waals surface area contributed by atoms with Gasteiger partial charge in [0, 0.05) is 19.3 Å². The minimum absolute atomic E-state index is 0.00578. The van der Waals surface area contributed by atoms with Crippen LogP contribution in [-0.4, -0.2) is 40.6 Å². The van der Waals surface area contributed by atoms with Crippen LogP contribution >= 0.6 is 0 Å². The highest BCUT2D eigenvalue weighted by Gasteiger charge is 2.30. The Morgan fingerprint density at radius 2 is 2.00 bits per heavy atom. The maximum absolute atomic E-state index is 13.5. The molecule has 0 aliphatic carbocycles. The number of aliphatic hydroxyl groups excluding tert-OH is 1. The van der Waals surface area contributed by atoms with Crippen molar-refractivity contribution in [1.29, 1.82) is 0 Å². The number of likely N-dealkylation sites (N-methyl/N-ethyl adjacent to an activating group) is 1. The second kappa shape index (κ2) is 5.49. The highest BCUT2D eigenvalue weighted by Crippen LogP contribution is 2.27. The average molecular weight is 339 g/mol. The number of rotatable bonds is 3. The molecule has 126 valence electrons. The molecule has 0 atom stereocenters. The van der Waals surface area contributed by atoms with Crippen LogP contribution in [0, 0.1) is 5.82 Å². The van der Waals surface area contributed by atoms with Crippen molar-refractivity contribution in [1.82, 2.24) is 9.55 Å². The predicted molar refractivity (Wildman–Crippen MR) is 91.1 cm³/mol. The van der Waals surface area contributed by atoms with E-state index in [1.54, 1.807) is 25.2 Å². The van der Waals surface area contributed by atoms with Crippen LogP contribution in [0.1, 0.15) is 16.2 Å². The van der Waals surface area contributed by atoms with Gasteiger partial charge in [0.05, 0.1) is 28.8 Å². The molecule has 6 nitrogen and oxygen atoms in total. The molecule has 0 fully saturated rings. The third kappa shape index (κ3) is 2.24. The zero-order valence-corrected chi connectivity index (χ0v) is 13.4. The fraction of sp³-hybridized carbons (Fsp3) is 0.167. The molecular weight excluding hydrogens is 325 g/mol. The highest BCUT2D eigenvalue weighted by molar-refractivity contribution is 6.13. The smallest absolute Gasteiger partial charge is 0.266 e. The number of carbonyl (C=O) groups excluding carboxylic acids is 1. The summed E-state index contributed by atoms with van der Waals surface area (Å²) in [4.78, 5) is 31.5. The zero-order chi connectivity index (χ0) is 17.7. The minimum Gasteiger partial charge on any atom is -0.395 e. The van der Waals surface area contributed by atoms with E-state index in [9.17, 15) is 14.0 Å². The SMILES string of the molecule is CN(CCO)c1ccc2c(=O)n3c(nc2c1)C(=O)c1cc(F)ccc1-3. The van der Waals surface area contributed by atoms with Crippen LogP contribution in [0.3, 0.4) is 0 Å². The first kappa shape index (κ1) is 15.5. The quantitative estimate of drug-likeness (QED) is 0.612. The van der Waals surface area contributed by atoms with Gasteiger partial charge in [-0.25, -0.2) is 9.37 Å². The monoisotopic (exact) mass is 339 g/mol. The predicted octanol–water partition coefficient (Wildman–Crippen LogP) is 1.50. The molecule has 0 saturated carbocycles. The molecule has 2 aromatic carbocycles. The van der Waals surface area contributed by atoms with Gasteiger partial charge >= 0.3 is 0 Å². The van der Waals surface area contributed by atoms with Crippen LogP contribution in [0.2, 0.25) is 0 Å². The van der Waals surface area contributed by atoms with Gasteiger partial charge in [-0.15, -0.1) is 0 Å². The molecule has 0 spiro atoms. The van der Waals surface area contributed by atoms with Crippen LogP contribution in [0.5, 0.6) is 0 Å². The summed E-state index contributed by atoms with van der Waals surface area (Å²) in [6.45, 7) is 0.424. The van der Waals surface area contributed by atoms with E-state index in [0.717, 1.165) is 11.8 Å². The molecule has 0 radical (unpaired) electrons. The Labute approximate surface area is 141 Å². The summed E-state index contributed by atoms with van der Waals surface area (Å²) in [7, 11) is 1.81. The van der Waals surface area contributed by atoms with Crippen LogP contribution in [0.25, 0.3) is 16.6 Å². The molecule has 0 saturated heterocycles. The number of benzene rings is 2. The Morgan fingerprint density at radius 1 is 1.20 bits per heavy atom. The Balaban J connectivity index is 1.96. The summed E-state index contributed by atoms with van der Waals surface area (Å²) in [5.41, 5.74) is 1.28. The van der Waals surface area contributed by atoms with Crippen molar-refractivity contribution >= 4 is 22.4 Å². The number of anilines is 1. The van der Waals surface area contributed by atoms with Gasteiger partial charge in [-0.1, -0.05) is 0 Å². The largest absolute Gasteiger partial charge is 0.395 e. The van der Waals surface area contributed by atoms with Crippen molar-refractivity contribution in [2.75, 3.05) is 25.1 Å². The Morgan fingerprint density at radius 3 is 2.76 bits per heavy atom. The van der Waals surface area contributed by atoms with E-state index in [1.165, 1.54) is 16.7 Å². The van der Waals surface area contributed by atoms with Gasteiger partial charge < -0.3 is 10.0 Å². The lowest BCUT2D eigenvalue weighted by Gasteiger charge is -2.18. The summed E-state index contributed by atoms with van der Waals surface area (Å²) in [5, 5.41) is 9.42. The van der Waals surface area contributed by atoms with Gasteiger partial charge in [0.25, 0.3) is 5.56 Å². The average Bonchev–Trinajstić information content (AvgIpc) is 2.87. The molecule has 0 bridgehead atoms. The van der Waals surface area contributed by atoms with E-state index in [1.807, 2.05) is 4.90 Å². The molecule has 0 amide bonds. The fourth-order valence-corrected chi connectivity index (χ4v) is 3.07. The normalized spacial score (nSPS) is 12.4. The molecule has 1 N–H and O–H groups in total. The van der Waals surface area contributed by atoms with Gasteiger partial charge in [0.1, 0.15) is 5.82 Å². The van der Waals surface area contributed by atoms with Crippen molar-refractivity contribution in [2.45, 2.75) is 0 Å². The van der Waals surface area contributed by atoms with Crippen LogP contribution in [-0.2, 0) is 0 Å². The number of nitrogens with zero attached hydrogens (tertiary/aromatic N) is 3. The topological polar surface area (TPSA) is 75.4 Å². The van der Waals surface area contributed by atoms with Gasteiger partial charge in [0.15, 0.2) is 5.82 Å². The maximum Gasteiger partial charge on any atom is 0.266 e. The van der Waals surface area contributed by atoms with E-state index < -0.39 is 11.6 Å². The van der Waals surface area contributed by atoms with E-state index in [2.05, 4.69) is 4.98 Å². The molecule has 1 aromatic heterocycles. The summed E-state index contributed by atoms with van der Waals surface area (Å²) < 4.78 is 14.7. The molecule has 4 rings (SSSR count). The van der Waals surface area contributed by atoms with E-state index >= 15 is 0 Å². The highest BCUT2D eigenvalue weighted by atomic mass is 19.1. The molecule has 1 aliphatic rings. The number of aliphatic hydroxyl groups is 1. The van der Waals surface area contributed by atoms with E-state index in [4.69, 9.17) is 5.11 Å². The number of carbonyl (C=O) groups is 1. The summed E-state index contributed by atoms with van der Waals surface area (Å²) in [6.07, 6.45) is 0. The van der Waals surface area contributed by atoms with E-state index in [0.29, 0.717) is 23.1 Å². The summed E-state index contributed by atoms with van der Waals surface area (Å²) in [6, 6.07) is 8.85. The second-order valence-corrected chi connectivity index (χ2v) is 5.91. The van der Waals surface area contributed by atoms with Gasteiger partial charge in [-0.05, 0) is 36.4 Å². The van der Waals surface area contributed by atoms with E-state index in [-0.39, 0.29) is 23.6 Å². The van der Waals surface area contributed by atoms with Crippen molar-refractivity contribution in [2.24, 2.45) is 0 Å². The third-order valence-electron chi connectivity index (χ3n) is 4.38. The lowest BCUT2D eigenvalue weighted by molar-refractivity contribution is 0.103. The number of ketones is 1. The molecule has 7 heteroatoms. The molecule has 0 unspecified atom stereocenters. The number of hydrogen-bond donors (Lipinski definition) is 1. The van der Waals surface area contributed by atoms with Crippen molar-refractivity contribution in [3.05, 3.63) is 64.0 Å². The minimum atomic E-state index is -0.537. The van der Waals surface area contributed by atoms with Crippen molar-refractivity contribution < 1.29 is 14.3 Å². The first-order valence-corrected chi connectivity index (χ1v) is 7.74. The van der Waals surface area contributed by atoms with Crippen LogP contribution in [0.4, 0.5) is 10.1 Å². The zero-order valence-electron chi connectivity index (χ0n) is 13.4. The van der Waals surface area contributed by atoms with Crippen molar-refractivity contribution in [3.8, 4) is 5.69 Å². The Kier molecular flexibility index (Phi) is 3.40. The van der Waals surface area contributed by atoms with Crippen LogP contribution in [0.15, 0.2) is 41.2 Å². The third-order valence-corrected chi connectivity index (χ3v) is 4.38. The second-order valence-electron chi connectivity index (χ2n) is 5.91. The molecular formula is C18H14FN3O3. The van der Waals surface area contributed by atoms with Gasteiger partial charge in [-0.2, -0.15) is 0 Å². The molecule has 25 heavy (non-hydrogen) atoms. The molecule has 1 aliphatic heterocycles. The Hall–Kier alpha value is -3.06. The van der Waals surface area contributed by atoms with Crippen molar-refractivity contribution in [3.63, 3.8) is 0 Å². The van der Waals surface area contributed by atoms with Gasteiger partial charge in [0.2, 0.25) is 5.78 Å². The molecule has 2 heterocycles. The first-order chi connectivity index (χ1) is 12.0. The number of aromatic nitrogens is 2. The summed E-state index contributed by atoms with van der Waals surface area (Å²) >= 11 is 0. The fourth-order valence-electron chi connectivity index (χ4n) is 3.07. The number of hydrogen-bond acceptors (Lipinski definition) is 5. The number of fused-ring (bicyclic) bond motifs is 4. The summed E-state index contributed by atoms with van der Waals surface area (Å²) in [5.74, 6) is -1.02. The molecule has 3 aromatic rings.